The molecule has 2 heterocycles. The molecule has 1 unspecified atom stereocenters. The first-order valence-electron chi connectivity index (χ1n) is 9.27. The number of benzene rings is 1. The first-order valence-corrected chi connectivity index (χ1v) is 10.7. The summed E-state index contributed by atoms with van der Waals surface area (Å²) in [6.45, 7) is 4.19. The molecule has 1 saturated heterocycles. The molecule has 2 aliphatic heterocycles. The number of hydrogen-bond donors (Lipinski definition) is 0. The molecule has 6 nitrogen and oxygen atoms in total. The SMILES string of the molecule is CN(C)CCN1C2(CCN(C(=O)C3(C)CC3)C2)c2ccccc2S1(=O)=O. The van der Waals surface area contributed by atoms with Crippen LogP contribution in [-0.4, -0.2) is 68.7 Å². The van der Waals surface area contributed by atoms with Crippen LogP contribution < -0.4 is 0 Å². The Morgan fingerprint density at radius 1 is 1.19 bits per heavy atom. The lowest BCUT2D eigenvalue weighted by Gasteiger charge is -2.35. The lowest BCUT2D eigenvalue weighted by atomic mass is 9.89. The third kappa shape index (κ3) is 2.52. The molecule has 0 bridgehead atoms. The minimum Gasteiger partial charge on any atom is -0.340 e. The second-order valence-corrected chi connectivity index (χ2v) is 10.3. The van der Waals surface area contributed by atoms with Gasteiger partial charge in [-0.15, -0.1) is 0 Å². The van der Waals surface area contributed by atoms with E-state index in [0.29, 0.717) is 37.5 Å². The van der Waals surface area contributed by atoms with Gasteiger partial charge in [0.2, 0.25) is 15.9 Å². The molecule has 1 atom stereocenters. The van der Waals surface area contributed by atoms with Crippen LogP contribution in [0.5, 0.6) is 0 Å². The van der Waals surface area contributed by atoms with Gasteiger partial charge in [0.25, 0.3) is 0 Å². The summed E-state index contributed by atoms with van der Waals surface area (Å²) < 4.78 is 28.2. The molecule has 1 aromatic rings. The number of fused-ring (bicyclic) bond motifs is 2. The van der Waals surface area contributed by atoms with Gasteiger partial charge >= 0.3 is 0 Å². The summed E-state index contributed by atoms with van der Waals surface area (Å²) in [5.41, 5.74) is 0.0126. The molecule has 0 radical (unpaired) electrons. The number of amides is 1. The molecule has 0 N–H and O–H groups in total. The largest absolute Gasteiger partial charge is 0.340 e. The molecule has 3 aliphatic rings. The first kappa shape index (κ1) is 17.9. The number of hydrogen-bond acceptors (Lipinski definition) is 4. The van der Waals surface area contributed by atoms with Crippen molar-refractivity contribution in [3.8, 4) is 0 Å². The van der Waals surface area contributed by atoms with E-state index < -0.39 is 15.6 Å². The highest BCUT2D eigenvalue weighted by molar-refractivity contribution is 7.89. The van der Waals surface area contributed by atoms with Gasteiger partial charge < -0.3 is 9.80 Å². The van der Waals surface area contributed by atoms with Gasteiger partial charge in [-0.1, -0.05) is 25.1 Å². The van der Waals surface area contributed by atoms with Crippen LogP contribution in [0.25, 0.3) is 0 Å². The Labute approximate surface area is 155 Å². The second kappa shape index (κ2) is 5.78. The average Bonchev–Trinajstić information content (AvgIpc) is 3.14. The lowest BCUT2D eigenvalue weighted by Crippen LogP contribution is -2.49. The maximum absolute atomic E-state index is 13.2. The van der Waals surface area contributed by atoms with Crippen molar-refractivity contribution in [1.29, 1.82) is 0 Å². The maximum atomic E-state index is 13.2. The summed E-state index contributed by atoms with van der Waals surface area (Å²) >= 11 is 0. The van der Waals surface area contributed by atoms with E-state index >= 15 is 0 Å². The molecule has 2 fully saturated rings. The Bertz CT molecular complexity index is 847. The molecule has 7 heteroatoms. The zero-order chi connectivity index (χ0) is 18.7. The normalized spacial score (nSPS) is 28.7. The number of carbonyl (C=O) groups is 1. The van der Waals surface area contributed by atoms with Crippen LogP contribution in [0.4, 0.5) is 0 Å². The van der Waals surface area contributed by atoms with Crippen molar-refractivity contribution < 1.29 is 13.2 Å². The lowest BCUT2D eigenvalue weighted by molar-refractivity contribution is -0.135. The Hall–Kier alpha value is -1.44. The quantitative estimate of drug-likeness (QED) is 0.797. The zero-order valence-electron chi connectivity index (χ0n) is 15.7. The first-order chi connectivity index (χ1) is 12.2. The van der Waals surface area contributed by atoms with E-state index in [2.05, 4.69) is 0 Å². The Balaban J connectivity index is 1.73. The van der Waals surface area contributed by atoms with E-state index in [0.717, 1.165) is 18.4 Å². The van der Waals surface area contributed by atoms with Gasteiger partial charge in [0, 0.05) is 31.6 Å². The van der Waals surface area contributed by atoms with Crippen LogP contribution in [0.1, 0.15) is 31.7 Å². The van der Waals surface area contributed by atoms with Crippen molar-refractivity contribution in [1.82, 2.24) is 14.1 Å². The fourth-order valence-electron chi connectivity index (χ4n) is 4.36. The molecule has 1 aromatic carbocycles. The predicted molar refractivity (Wildman–Crippen MR) is 99.1 cm³/mol. The minimum absolute atomic E-state index is 0.184. The van der Waals surface area contributed by atoms with Gasteiger partial charge in [0.1, 0.15) is 0 Å². The number of nitrogens with zero attached hydrogens (tertiary/aromatic N) is 3. The third-order valence-electron chi connectivity index (χ3n) is 6.24. The van der Waals surface area contributed by atoms with Crippen molar-refractivity contribution in [2.75, 3.05) is 40.3 Å². The Kier molecular flexibility index (Phi) is 3.99. The highest BCUT2D eigenvalue weighted by Crippen LogP contribution is 2.52. The third-order valence-corrected chi connectivity index (χ3v) is 8.26. The summed E-state index contributed by atoms with van der Waals surface area (Å²) in [7, 11) is 0.357. The van der Waals surface area contributed by atoms with E-state index in [-0.39, 0.29) is 11.3 Å². The minimum atomic E-state index is -3.53. The second-order valence-electron chi connectivity index (χ2n) is 8.45. The Morgan fingerprint density at radius 2 is 1.88 bits per heavy atom. The summed E-state index contributed by atoms with van der Waals surface area (Å²) in [6.07, 6.45) is 2.54. The summed E-state index contributed by atoms with van der Waals surface area (Å²) in [6, 6.07) is 7.31. The van der Waals surface area contributed by atoms with Crippen LogP contribution in [0.15, 0.2) is 29.2 Å². The van der Waals surface area contributed by atoms with Crippen LogP contribution in [0, 0.1) is 5.41 Å². The van der Waals surface area contributed by atoms with E-state index in [1.807, 2.05) is 43.0 Å². The molecule has 26 heavy (non-hydrogen) atoms. The molecule has 4 rings (SSSR count). The number of sulfonamides is 1. The number of carbonyl (C=O) groups excluding carboxylic acids is 1. The van der Waals surface area contributed by atoms with Gasteiger partial charge in [-0.2, -0.15) is 4.31 Å². The number of rotatable bonds is 4. The van der Waals surface area contributed by atoms with Crippen molar-refractivity contribution in [2.24, 2.45) is 5.41 Å². The molecule has 1 spiro atoms. The van der Waals surface area contributed by atoms with Gasteiger partial charge in [-0.3, -0.25) is 4.79 Å². The van der Waals surface area contributed by atoms with Gasteiger partial charge in [0.05, 0.1) is 10.4 Å². The number of likely N-dealkylation sites (N-methyl/N-ethyl adjacent to an activating group) is 1. The van der Waals surface area contributed by atoms with E-state index in [1.165, 1.54) is 0 Å². The van der Waals surface area contributed by atoms with Gasteiger partial charge in [0.15, 0.2) is 0 Å². The highest BCUT2D eigenvalue weighted by Gasteiger charge is 2.59. The predicted octanol–water partition coefficient (Wildman–Crippen LogP) is 1.48. The molecule has 1 amide bonds. The fourth-order valence-corrected chi connectivity index (χ4v) is 6.41. The van der Waals surface area contributed by atoms with Crippen LogP contribution in [0.2, 0.25) is 0 Å². The van der Waals surface area contributed by atoms with Gasteiger partial charge in [-0.25, -0.2) is 8.42 Å². The van der Waals surface area contributed by atoms with Crippen LogP contribution in [-0.2, 0) is 20.4 Å². The van der Waals surface area contributed by atoms with Crippen LogP contribution >= 0.6 is 0 Å². The van der Waals surface area contributed by atoms with Crippen molar-refractivity contribution in [3.63, 3.8) is 0 Å². The molecule has 1 aliphatic carbocycles. The standard InChI is InChI=1S/C19H27N3O3S/c1-18(8-9-18)17(23)21-11-10-19(14-21)15-6-4-5-7-16(15)26(24,25)22(19)13-12-20(2)3/h4-7H,8-14H2,1-3H3. The molecular weight excluding hydrogens is 350 g/mol. The van der Waals surface area contributed by atoms with Crippen LogP contribution in [0.3, 0.4) is 0 Å². The van der Waals surface area contributed by atoms with E-state index in [9.17, 15) is 13.2 Å². The zero-order valence-corrected chi connectivity index (χ0v) is 16.6. The highest BCUT2D eigenvalue weighted by atomic mass is 32.2. The summed E-state index contributed by atoms with van der Waals surface area (Å²) in [5.74, 6) is 0.184. The fraction of sp³-hybridized carbons (Fsp3) is 0.632. The van der Waals surface area contributed by atoms with Gasteiger partial charge in [-0.05, 0) is 45.0 Å². The molecule has 1 saturated carbocycles. The van der Waals surface area contributed by atoms with E-state index in [1.54, 1.807) is 16.4 Å². The molecule has 142 valence electrons. The van der Waals surface area contributed by atoms with E-state index in [4.69, 9.17) is 0 Å². The maximum Gasteiger partial charge on any atom is 0.244 e. The van der Waals surface area contributed by atoms with Crippen molar-refractivity contribution in [3.05, 3.63) is 29.8 Å². The Morgan fingerprint density at radius 3 is 2.54 bits per heavy atom. The summed E-state index contributed by atoms with van der Waals surface area (Å²) in [4.78, 5) is 17.2. The number of likely N-dealkylation sites (tertiary alicyclic amines) is 1. The average molecular weight is 378 g/mol. The smallest absolute Gasteiger partial charge is 0.244 e. The summed E-state index contributed by atoms with van der Waals surface area (Å²) in [5, 5.41) is 0. The van der Waals surface area contributed by atoms with Crippen molar-refractivity contribution >= 4 is 15.9 Å². The van der Waals surface area contributed by atoms with Crippen molar-refractivity contribution in [2.45, 2.75) is 36.6 Å². The molecular formula is C19H27N3O3S. The monoisotopic (exact) mass is 377 g/mol. The molecule has 0 aromatic heterocycles. The topological polar surface area (TPSA) is 60.9 Å².